The van der Waals surface area contributed by atoms with Crippen molar-refractivity contribution in [2.24, 2.45) is 0 Å². The predicted octanol–water partition coefficient (Wildman–Crippen LogP) is 2.57. The van der Waals surface area contributed by atoms with Gasteiger partial charge in [-0.25, -0.2) is 0 Å². The van der Waals surface area contributed by atoms with Crippen LogP contribution in [0.15, 0.2) is 23.0 Å². The molecule has 0 saturated carbocycles. The number of aryl methyl sites for hydroxylation is 2. The third kappa shape index (κ3) is 1.90. The zero-order valence-electron chi connectivity index (χ0n) is 11.6. The lowest BCUT2D eigenvalue weighted by Crippen LogP contribution is -2.15. The molecule has 1 aliphatic rings. The molecule has 0 atom stereocenters. The summed E-state index contributed by atoms with van der Waals surface area (Å²) in [5.41, 5.74) is 7.81. The Kier molecular flexibility index (Phi) is 2.79. The highest BCUT2D eigenvalue weighted by molar-refractivity contribution is 5.68. The van der Waals surface area contributed by atoms with Crippen LogP contribution in [0.4, 0.5) is 0 Å². The van der Waals surface area contributed by atoms with E-state index in [-0.39, 0.29) is 5.56 Å². The molecule has 3 heteroatoms. The number of aromatic nitrogens is 1. The van der Waals surface area contributed by atoms with Crippen molar-refractivity contribution in [2.45, 2.75) is 33.9 Å². The van der Waals surface area contributed by atoms with E-state index in [1.165, 1.54) is 22.3 Å². The topological polar surface area (TPSA) is 44.9 Å². The second-order valence-electron chi connectivity index (χ2n) is 5.33. The van der Waals surface area contributed by atoms with Gasteiger partial charge in [0, 0.05) is 24.2 Å². The third-order valence-electron chi connectivity index (χ3n) is 3.96. The van der Waals surface area contributed by atoms with Crippen LogP contribution in [0.2, 0.25) is 0 Å². The van der Waals surface area contributed by atoms with Gasteiger partial charge in [-0.05, 0) is 37.5 Å². The van der Waals surface area contributed by atoms with E-state index in [9.17, 15) is 4.79 Å². The Morgan fingerprint density at radius 3 is 2.53 bits per heavy atom. The molecule has 2 N–H and O–H groups in total. The van der Waals surface area contributed by atoms with E-state index in [0.29, 0.717) is 6.54 Å². The number of nitrogens with one attached hydrogen (secondary N) is 2. The van der Waals surface area contributed by atoms with Gasteiger partial charge in [-0.3, -0.25) is 4.79 Å². The molecule has 0 spiro atoms. The molecule has 1 aromatic heterocycles. The first-order valence-corrected chi connectivity index (χ1v) is 6.61. The molecule has 3 nitrogen and oxygen atoms in total. The first-order chi connectivity index (χ1) is 9.08. The predicted molar refractivity (Wildman–Crippen MR) is 77.3 cm³/mol. The van der Waals surface area contributed by atoms with Crippen LogP contribution in [0.5, 0.6) is 0 Å². The van der Waals surface area contributed by atoms with Gasteiger partial charge in [-0.1, -0.05) is 23.8 Å². The first kappa shape index (κ1) is 12.2. The van der Waals surface area contributed by atoms with Crippen LogP contribution in [0.25, 0.3) is 11.3 Å². The summed E-state index contributed by atoms with van der Waals surface area (Å²) in [6, 6.07) is 6.34. The second kappa shape index (κ2) is 4.35. The number of fused-ring (bicyclic) bond motifs is 1. The van der Waals surface area contributed by atoms with Gasteiger partial charge < -0.3 is 10.3 Å². The normalized spacial score (nSPS) is 13.6. The number of benzene rings is 1. The molecule has 0 fully saturated rings. The standard InChI is InChI=1S/C16H18N2O/c1-9-4-5-12(10(2)6-9)15-11(3)13-7-17-8-14(13)16(19)18-15/h4-6,17H,7-8H2,1-3H3,(H,18,19). The fraction of sp³-hybridized carbons (Fsp3) is 0.312. The van der Waals surface area contributed by atoms with Gasteiger partial charge in [-0.15, -0.1) is 0 Å². The highest BCUT2D eigenvalue weighted by Gasteiger charge is 2.20. The molecule has 0 saturated heterocycles. The number of hydrogen-bond acceptors (Lipinski definition) is 2. The van der Waals surface area contributed by atoms with Crippen LogP contribution >= 0.6 is 0 Å². The van der Waals surface area contributed by atoms with Gasteiger partial charge in [0.2, 0.25) is 0 Å². The van der Waals surface area contributed by atoms with Crippen molar-refractivity contribution in [2.75, 3.05) is 0 Å². The molecule has 98 valence electrons. The van der Waals surface area contributed by atoms with Crippen LogP contribution in [0.3, 0.4) is 0 Å². The lowest BCUT2D eigenvalue weighted by atomic mass is 9.96. The van der Waals surface area contributed by atoms with Gasteiger partial charge in [0.25, 0.3) is 5.56 Å². The van der Waals surface area contributed by atoms with Crippen molar-refractivity contribution in [3.63, 3.8) is 0 Å². The van der Waals surface area contributed by atoms with Gasteiger partial charge >= 0.3 is 0 Å². The summed E-state index contributed by atoms with van der Waals surface area (Å²) in [6.45, 7) is 7.74. The zero-order chi connectivity index (χ0) is 13.6. The average molecular weight is 254 g/mol. The van der Waals surface area contributed by atoms with E-state index in [4.69, 9.17) is 0 Å². The second-order valence-corrected chi connectivity index (χ2v) is 5.33. The van der Waals surface area contributed by atoms with Gasteiger partial charge in [0.05, 0.1) is 5.69 Å². The fourth-order valence-electron chi connectivity index (χ4n) is 2.90. The number of aromatic amines is 1. The molecule has 0 aliphatic carbocycles. The molecular weight excluding hydrogens is 236 g/mol. The van der Waals surface area contributed by atoms with Crippen LogP contribution < -0.4 is 10.9 Å². The minimum absolute atomic E-state index is 0.0422. The maximum absolute atomic E-state index is 12.1. The van der Waals surface area contributed by atoms with E-state index in [0.717, 1.165) is 23.4 Å². The van der Waals surface area contributed by atoms with Crippen LogP contribution in [0, 0.1) is 20.8 Å². The number of rotatable bonds is 1. The largest absolute Gasteiger partial charge is 0.321 e. The molecular formula is C16H18N2O. The summed E-state index contributed by atoms with van der Waals surface area (Å²) in [5.74, 6) is 0. The SMILES string of the molecule is Cc1ccc(-c2[nH]c(=O)c3c(c2C)CNC3)c(C)c1. The third-order valence-corrected chi connectivity index (χ3v) is 3.96. The Labute approximate surface area is 112 Å². The summed E-state index contributed by atoms with van der Waals surface area (Å²) < 4.78 is 0. The minimum Gasteiger partial charge on any atom is -0.321 e. The molecule has 0 amide bonds. The van der Waals surface area contributed by atoms with E-state index in [1.807, 2.05) is 0 Å². The van der Waals surface area contributed by atoms with Crippen molar-refractivity contribution in [3.8, 4) is 11.3 Å². The smallest absolute Gasteiger partial charge is 0.253 e. The Bertz CT molecular complexity index is 713. The molecule has 0 unspecified atom stereocenters. The first-order valence-electron chi connectivity index (χ1n) is 6.61. The Morgan fingerprint density at radius 1 is 1.05 bits per heavy atom. The van der Waals surface area contributed by atoms with Crippen LogP contribution in [-0.4, -0.2) is 4.98 Å². The highest BCUT2D eigenvalue weighted by atomic mass is 16.1. The van der Waals surface area contributed by atoms with Gasteiger partial charge in [0.1, 0.15) is 0 Å². The van der Waals surface area contributed by atoms with E-state index in [2.05, 4.69) is 49.3 Å². The average Bonchev–Trinajstić information content (AvgIpc) is 2.84. The maximum Gasteiger partial charge on any atom is 0.253 e. The van der Waals surface area contributed by atoms with Crippen LogP contribution in [-0.2, 0) is 13.1 Å². The summed E-state index contributed by atoms with van der Waals surface area (Å²) in [5, 5.41) is 3.25. The molecule has 3 rings (SSSR count). The quantitative estimate of drug-likeness (QED) is 0.821. The van der Waals surface area contributed by atoms with Gasteiger partial charge in [-0.2, -0.15) is 0 Å². The highest BCUT2D eigenvalue weighted by Crippen LogP contribution is 2.28. The lowest BCUT2D eigenvalue weighted by Gasteiger charge is -2.13. The zero-order valence-corrected chi connectivity index (χ0v) is 11.6. The number of pyridine rings is 1. The number of hydrogen-bond donors (Lipinski definition) is 2. The van der Waals surface area contributed by atoms with E-state index < -0.39 is 0 Å². The van der Waals surface area contributed by atoms with Crippen molar-refractivity contribution in [3.05, 3.63) is 56.4 Å². The number of H-pyrrole nitrogens is 1. The van der Waals surface area contributed by atoms with E-state index in [1.54, 1.807) is 0 Å². The van der Waals surface area contributed by atoms with Crippen LogP contribution in [0.1, 0.15) is 27.8 Å². The molecule has 19 heavy (non-hydrogen) atoms. The van der Waals surface area contributed by atoms with Crippen molar-refractivity contribution in [1.82, 2.24) is 10.3 Å². The summed E-state index contributed by atoms with van der Waals surface area (Å²) >= 11 is 0. The molecule has 2 heterocycles. The van der Waals surface area contributed by atoms with Crippen molar-refractivity contribution in [1.29, 1.82) is 0 Å². The summed E-state index contributed by atoms with van der Waals surface area (Å²) in [7, 11) is 0. The van der Waals surface area contributed by atoms with Crippen molar-refractivity contribution >= 4 is 0 Å². The summed E-state index contributed by atoms with van der Waals surface area (Å²) in [6.07, 6.45) is 0. The Hall–Kier alpha value is -1.87. The molecule has 1 aliphatic heterocycles. The van der Waals surface area contributed by atoms with E-state index >= 15 is 0 Å². The maximum atomic E-state index is 12.1. The fourth-order valence-corrected chi connectivity index (χ4v) is 2.90. The minimum atomic E-state index is 0.0422. The van der Waals surface area contributed by atoms with Crippen molar-refractivity contribution < 1.29 is 0 Å². The Balaban J connectivity index is 2.27. The summed E-state index contributed by atoms with van der Waals surface area (Å²) in [4.78, 5) is 15.2. The molecule has 1 aromatic carbocycles. The monoisotopic (exact) mass is 254 g/mol. The molecule has 0 radical (unpaired) electrons. The lowest BCUT2D eigenvalue weighted by molar-refractivity contribution is 0.761. The van der Waals surface area contributed by atoms with Gasteiger partial charge in [0.15, 0.2) is 0 Å². The Morgan fingerprint density at radius 2 is 1.79 bits per heavy atom. The molecule has 2 aromatic rings. The molecule has 0 bridgehead atoms.